The molecule has 0 N–H and O–H groups in total. The molecule has 0 spiro atoms. The molecule has 0 amide bonds. The first-order chi connectivity index (χ1) is 12.2. The maximum Gasteiger partial charge on any atom is 0.573 e. The first-order valence-corrected chi connectivity index (χ1v) is 9.47. The highest BCUT2D eigenvalue weighted by atomic mass is 19.4. The maximum absolute atomic E-state index is 13.9. The van der Waals surface area contributed by atoms with Gasteiger partial charge in [-0.3, -0.25) is 0 Å². The zero-order chi connectivity index (χ0) is 18.9. The van der Waals surface area contributed by atoms with E-state index in [1.807, 2.05) is 0 Å². The Morgan fingerprint density at radius 1 is 0.852 bits per heavy atom. The lowest BCUT2D eigenvalue weighted by Gasteiger charge is -2.37. The summed E-state index contributed by atoms with van der Waals surface area (Å²) in [5.74, 6) is -1.72. The van der Waals surface area contributed by atoms with Gasteiger partial charge in [-0.1, -0.05) is 27.2 Å². The molecule has 0 saturated heterocycles. The summed E-state index contributed by atoms with van der Waals surface area (Å²) in [6, 6.07) is 1.99. The van der Waals surface area contributed by atoms with Crippen molar-refractivity contribution in [1.82, 2.24) is 0 Å². The van der Waals surface area contributed by atoms with Gasteiger partial charge in [0.2, 0.25) is 5.75 Å². The molecule has 0 bridgehead atoms. The van der Waals surface area contributed by atoms with Crippen LogP contribution in [0.1, 0.15) is 80.1 Å². The summed E-state index contributed by atoms with van der Waals surface area (Å²) in [5, 5.41) is 0. The molecule has 0 aliphatic heterocycles. The SMILES string of the molecule is C.CC1CCC(C2CCC(c3cc(F)c(OC(F)(F)F)c(F)c3)CC2)CC1.[HH].[HH]. The third-order valence-electron chi connectivity index (χ3n) is 6.21. The van der Waals surface area contributed by atoms with E-state index in [1.165, 1.54) is 25.7 Å². The fourth-order valence-corrected chi connectivity index (χ4v) is 4.71. The van der Waals surface area contributed by atoms with Crippen molar-refractivity contribution in [3.8, 4) is 5.75 Å². The summed E-state index contributed by atoms with van der Waals surface area (Å²) >= 11 is 0. The molecule has 6 heteroatoms. The molecule has 2 saturated carbocycles. The van der Waals surface area contributed by atoms with Gasteiger partial charge < -0.3 is 4.74 Å². The van der Waals surface area contributed by atoms with Crippen molar-refractivity contribution in [1.29, 1.82) is 0 Å². The molecule has 0 aromatic heterocycles. The Bertz CT molecular complexity index is 599. The molecular weight excluding hydrogens is 363 g/mol. The zero-order valence-corrected chi connectivity index (χ0v) is 14.9. The highest BCUT2D eigenvalue weighted by Gasteiger charge is 2.35. The Hall–Kier alpha value is -1.33. The monoisotopic (exact) mass is 396 g/mol. The van der Waals surface area contributed by atoms with E-state index in [-0.39, 0.29) is 16.2 Å². The lowest BCUT2D eigenvalue weighted by molar-refractivity contribution is -0.276. The van der Waals surface area contributed by atoms with Crippen LogP contribution in [0.2, 0.25) is 0 Å². The molecule has 0 heterocycles. The molecule has 0 radical (unpaired) electrons. The minimum atomic E-state index is -5.11. The normalized spacial score (nSPS) is 29.1. The van der Waals surface area contributed by atoms with E-state index in [2.05, 4.69) is 11.7 Å². The second-order valence-electron chi connectivity index (χ2n) is 7.99. The van der Waals surface area contributed by atoms with Gasteiger partial charge in [0, 0.05) is 2.85 Å². The highest BCUT2D eigenvalue weighted by Crippen LogP contribution is 2.44. The van der Waals surface area contributed by atoms with E-state index in [0.29, 0.717) is 11.5 Å². The van der Waals surface area contributed by atoms with E-state index in [1.54, 1.807) is 0 Å². The lowest BCUT2D eigenvalue weighted by atomic mass is 9.68. The first-order valence-electron chi connectivity index (χ1n) is 9.47. The highest BCUT2D eigenvalue weighted by molar-refractivity contribution is 5.33. The minimum Gasteiger partial charge on any atom is -0.399 e. The summed E-state index contributed by atoms with van der Waals surface area (Å²) in [7, 11) is 0. The van der Waals surface area contributed by atoms with Gasteiger partial charge in [0.15, 0.2) is 11.6 Å². The lowest BCUT2D eigenvalue weighted by Crippen LogP contribution is -2.25. The molecule has 2 aliphatic rings. The predicted octanol–water partition coefficient (Wildman–Crippen LogP) is 8.09. The molecule has 2 fully saturated rings. The van der Waals surface area contributed by atoms with Crippen molar-refractivity contribution in [2.75, 3.05) is 0 Å². The van der Waals surface area contributed by atoms with Gasteiger partial charge in [-0.05, 0) is 79.9 Å². The third kappa shape index (κ3) is 5.58. The van der Waals surface area contributed by atoms with Crippen molar-refractivity contribution in [3.05, 3.63) is 29.3 Å². The van der Waals surface area contributed by atoms with Crippen molar-refractivity contribution < 1.29 is 29.5 Å². The van der Waals surface area contributed by atoms with Crippen molar-refractivity contribution in [2.24, 2.45) is 17.8 Å². The smallest absolute Gasteiger partial charge is 0.399 e. The van der Waals surface area contributed by atoms with Crippen LogP contribution >= 0.6 is 0 Å². The fourth-order valence-electron chi connectivity index (χ4n) is 4.71. The Morgan fingerprint density at radius 3 is 1.74 bits per heavy atom. The van der Waals surface area contributed by atoms with E-state index >= 15 is 0 Å². The standard InChI is InChI=1S/C20H25F5O.CH4.2H2/c1-12-2-4-13(5-3-12)14-6-8-15(9-7-14)16-10-17(21)19(18(22)11-16)26-20(23,24)25;;;/h10-15H,2-9H2,1H3;1H4;2*1H. The molecule has 1 aromatic rings. The second kappa shape index (κ2) is 8.78. The van der Waals surface area contributed by atoms with Gasteiger partial charge >= 0.3 is 6.36 Å². The quantitative estimate of drug-likeness (QED) is 0.469. The summed E-state index contributed by atoms with van der Waals surface area (Å²) in [5.41, 5.74) is 0.435. The molecule has 1 aromatic carbocycles. The van der Waals surface area contributed by atoms with Crippen LogP contribution in [-0.4, -0.2) is 6.36 Å². The van der Waals surface area contributed by atoms with E-state index in [0.717, 1.165) is 49.7 Å². The van der Waals surface area contributed by atoms with E-state index < -0.39 is 23.7 Å². The maximum atomic E-state index is 13.9. The molecule has 0 atom stereocenters. The average molecular weight is 396 g/mol. The topological polar surface area (TPSA) is 9.23 Å². The fraction of sp³-hybridized carbons (Fsp3) is 0.714. The Balaban J connectivity index is 0.00000261. The predicted molar refractivity (Wildman–Crippen MR) is 99.8 cm³/mol. The van der Waals surface area contributed by atoms with Crippen molar-refractivity contribution in [3.63, 3.8) is 0 Å². The number of hydrogen-bond donors (Lipinski definition) is 0. The third-order valence-corrected chi connectivity index (χ3v) is 6.21. The molecule has 158 valence electrons. The van der Waals surface area contributed by atoms with Crippen LogP contribution in [0, 0.1) is 29.4 Å². The number of benzene rings is 1. The molecule has 3 rings (SSSR count). The van der Waals surface area contributed by atoms with Crippen LogP contribution in [0.15, 0.2) is 12.1 Å². The van der Waals surface area contributed by atoms with Crippen molar-refractivity contribution in [2.45, 2.75) is 78.0 Å². The van der Waals surface area contributed by atoms with Gasteiger partial charge in [0.25, 0.3) is 0 Å². The van der Waals surface area contributed by atoms with Crippen LogP contribution in [0.5, 0.6) is 5.75 Å². The summed E-state index contributed by atoms with van der Waals surface area (Å²) in [4.78, 5) is 0. The average Bonchev–Trinajstić information content (AvgIpc) is 2.58. The van der Waals surface area contributed by atoms with Gasteiger partial charge in [0.1, 0.15) is 0 Å². The Labute approximate surface area is 161 Å². The van der Waals surface area contributed by atoms with E-state index in [4.69, 9.17) is 0 Å². The van der Waals surface area contributed by atoms with Gasteiger partial charge in [-0.15, -0.1) is 13.2 Å². The van der Waals surface area contributed by atoms with Gasteiger partial charge in [-0.25, -0.2) is 8.78 Å². The molecule has 1 nitrogen and oxygen atoms in total. The Kier molecular flexibility index (Phi) is 7.14. The number of rotatable bonds is 3. The van der Waals surface area contributed by atoms with Gasteiger partial charge in [0.05, 0.1) is 0 Å². The first kappa shape index (κ1) is 22.0. The molecule has 27 heavy (non-hydrogen) atoms. The molecule has 0 unspecified atom stereocenters. The summed E-state index contributed by atoms with van der Waals surface area (Å²) in [6.45, 7) is 2.29. The Morgan fingerprint density at radius 2 is 1.30 bits per heavy atom. The van der Waals surface area contributed by atoms with Crippen LogP contribution in [0.4, 0.5) is 22.0 Å². The second-order valence-corrected chi connectivity index (χ2v) is 7.99. The van der Waals surface area contributed by atoms with Crippen LogP contribution in [-0.2, 0) is 0 Å². The number of alkyl halides is 3. The van der Waals surface area contributed by atoms with Crippen molar-refractivity contribution >= 4 is 0 Å². The molecule has 2 aliphatic carbocycles. The largest absolute Gasteiger partial charge is 0.573 e. The number of ether oxygens (including phenoxy) is 1. The van der Waals surface area contributed by atoms with E-state index in [9.17, 15) is 22.0 Å². The van der Waals surface area contributed by atoms with Crippen LogP contribution < -0.4 is 4.74 Å². The molecular formula is C21H33F5O. The van der Waals surface area contributed by atoms with Gasteiger partial charge in [-0.2, -0.15) is 0 Å². The van der Waals surface area contributed by atoms with Crippen LogP contribution in [0.25, 0.3) is 0 Å². The summed E-state index contributed by atoms with van der Waals surface area (Å²) in [6.07, 6.45) is 3.68. The minimum absolute atomic E-state index is 0. The number of hydrogen-bond acceptors (Lipinski definition) is 1. The number of halogens is 5. The zero-order valence-electron chi connectivity index (χ0n) is 14.9. The van der Waals surface area contributed by atoms with Crippen LogP contribution in [0.3, 0.4) is 0 Å². The summed E-state index contributed by atoms with van der Waals surface area (Å²) < 4.78 is 68.1.